The predicted molar refractivity (Wildman–Crippen MR) is 71.3 cm³/mol. The Kier molecular flexibility index (Phi) is 5.90. The van der Waals surface area contributed by atoms with E-state index in [2.05, 4.69) is 33.5 Å². The van der Waals surface area contributed by atoms with Crippen LogP contribution in [0.2, 0.25) is 0 Å². The molecule has 0 spiro atoms. The van der Waals surface area contributed by atoms with E-state index in [-0.39, 0.29) is 11.2 Å². The molecule has 1 heterocycles. The third-order valence-electron chi connectivity index (χ3n) is 2.27. The zero-order valence-corrected chi connectivity index (χ0v) is 11.4. The Hall–Kier alpha value is -0.490. The second-order valence-corrected chi connectivity index (χ2v) is 4.87. The van der Waals surface area contributed by atoms with Gasteiger partial charge in [0.15, 0.2) is 0 Å². The van der Waals surface area contributed by atoms with Crippen LogP contribution < -0.4 is 11.2 Å². The van der Waals surface area contributed by atoms with Crippen molar-refractivity contribution in [1.29, 1.82) is 0 Å². The third kappa shape index (κ3) is 4.17. The molecule has 0 atom stereocenters. The monoisotopic (exact) mass is 306 g/mol. The molecule has 0 aliphatic heterocycles. The summed E-state index contributed by atoms with van der Waals surface area (Å²) in [5.41, 5.74) is -0.723. The van der Waals surface area contributed by atoms with E-state index in [1.165, 1.54) is 4.57 Å². The number of thiol groups is 1. The van der Waals surface area contributed by atoms with Gasteiger partial charge in [0.2, 0.25) is 0 Å². The maximum atomic E-state index is 11.4. The first kappa shape index (κ1) is 13.6. The number of aromatic amines is 1. The number of H-pyrrole nitrogens is 1. The minimum atomic E-state index is -0.378. The minimum absolute atomic E-state index is 0.345. The Morgan fingerprint density at radius 1 is 1.25 bits per heavy atom. The molecule has 0 unspecified atom stereocenters. The Morgan fingerprint density at radius 2 is 1.94 bits per heavy atom. The van der Waals surface area contributed by atoms with Gasteiger partial charge < -0.3 is 0 Å². The van der Waals surface area contributed by atoms with E-state index in [4.69, 9.17) is 0 Å². The topological polar surface area (TPSA) is 54.9 Å². The van der Waals surface area contributed by atoms with E-state index in [0.717, 1.165) is 31.4 Å². The van der Waals surface area contributed by atoms with Crippen molar-refractivity contribution >= 4 is 28.6 Å². The van der Waals surface area contributed by atoms with Crippen LogP contribution in [0.5, 0.6) is 0 Å². The van der Waals surface area contributed by atoms with Crippen molar-refractivity contribution < 1.29 is 0 Å². The van der Waals surface area contributed by atoms with Gasteiger partial charge in [-0.05, 0) is 34.5 Å². The van der Waals surface area contributed by atoms with Crippen LogP contribution in [-0.2, 0) is 6.54 Å². The number of unbranched alkanes of at least 4 members (excludes halogenated alkanes) is 3. The van der Waals surface area contributed by atoms with Crippen molar-refractivity contribution in [1.82, 2.24) is 9.55 Å². The number of aryl methyl sites for hydroxylation is 1. The third-order valence-corrected chi connectivity index (χ3v) is 3.16. The van der Waals surface area contributed by atoms with Crippen LogP contribution in [0.25, 0.3) is 0 Å². The second-order valence-electron chi connectivity index (χ2n) is 3.57. The van der Waals surface area contributed by atoms with Gasteiger partial charge in [0.05, 0.1) is 4.47 Å². The van der Waals surface area contributed by atoms with Crippen molar-refractivity contribution in [2.24, 2.45) is 0 Å². The normalized spacial score (nSPS) is 10.6. The molecule has 1 N–H and O–H groups in total. The van der Waals surface area contributed by atoms with Crippen molar-refractivity contribution in [3.63, 3.8) is 0 Å². The van der Waals surface area contributed by atoms with Gasteiger partial charge in [-0.2, -0.15) is 12.6 Å². The van der Waals surface area contributed by atoms with E-state index in [9.17, 15) is 9.59 Å². The van der Waals surface area contributed by atoms with Gasteiger partial charge in [0, 0.05) is 12.7 Å². The first-order valence-electron chi connectivity index (χ1n) is 5.25. The van der Waals surface area contributed by atoms with Crippen LogP contribution in [0.3, 0.4) is 0 Å². The summed E-state index contributed by atoms with van der Waals surface area (Å²) < 4.78 is 1.91. The summed E-state index contributed by atoms with van der Waals surface area (Å²) in [6.45, 7) is 0.640. The predicted octanol–water partition coefficient (Wildman–Crippen LogP) is 1.79. The van der Waals surface area contributed by atoms with E-state index < -0.39 is 0 Å². The van der Waals surface area contributed by atoms with Crippen LogP contribution in [0.4, 0.5) is 0 Å². The van der Waals surface area contributed by atoms with Crippen molar-refractivity contribution in [3.05, 3.63) is 31.5 Å². The number of nitrogens with one attached hydrogen (secondary N) is 1. The van der Waals surface area contributed by atoms with Gasteiger partial charge in [-0.1, -0.05) is 12.8 Å². The molecule has 0 amide bonds. The Balaban J connectivity index is 2.51. The summed E-state index contributed by atoms with van der Waals surface area (Å²) in [6, 6.07) is 0. The number of aromatic nitrogens is 2. The van der Waals surface area contributed by atoms with E-state index >= 15 is 0 Å². The maximum Gasteiger partial charge on any atom is 0.328 e. The Morgan fingerprint density at radius 3 is 2.62 bits per heavy atom. The summed E-state index contributed by atoms with van der Waals surface area (Å²) in [6.07, 6.45) is 5.78. The average Bonchev–Trinajstić information content (AvgIpc) is 2.25. The molecule has 0 radical (unpaired) electrons. The lowest BCUT2D eigenvalue weighted by Crippen LogP contribution is -2.29. The van der Waals surface area contributed by atoms with Crippen molar-refractivity contribution in [2.45, 2.75) is 32.2 Å². The fourth-order valence-electron chi connectivity index (χ4n) is 1.40. The molecule has 90 valence electrons. The van der Waals surface area contributed by atoms with Gasteiger partial charge >= 0.3 is 5.69 Å². The molecule has 0 saturated carbocycles. The summed E-state index contributed by atoms with van der Waals surface area (Å²) in [5, 5.41) is 0. The highest BCUT2D eigenvalue weighted by molar-refractivity contribution is 9.10. The molecule has 0 fully saturated rings. The Bertz CT molecular complexity index is 441. The number of rotatable bonds is 6. The standard InChI is InChI=1S/C10H15BrN2O2S/c11-8-7-13(10(15)12-9(8)14)5-3-1-2-4-6-16/h7,16H,1-6H2,(H,12,14,15). The summed E-state index contributed by atoms with van der Waals surface area (Å²) in [7, 11) is 0. The zero-order chi connectivity index (χ0) is 12.0. The van der Waals surface area contributed by atoms with Gasteiger partial charge in [0.1, 0.15) is 0 Å². The number of hydrogen-bond donors (Lipinski definition) is 2. The summed E-state index contributed by atoms with van der Waals surface area (Å²) in [5.74, 6) is 0.907. The van der Waals surface area contributed by atoms with Crippen LogP contribution in [0, 0.1) is 0 Å². The number of nitrogens with zero attached hydrogens (tertiary/aromatic N) is 1. The number of hydrogen-bond acceptors (Lipinski definition) is 3. The molecule has 0 aliphatic rings. The largest absolute Gasteiger partial charge is 0.328 e. The van der Waals surface area contributed by atoms with Crippen LogP contribution in [-0.4, -0.2) is 15.3 Å². The lowest BCUT2D eigenvalue weighted by atomic mass is 10.2. The molecule has 0 aliphatic carbocycles. The fourth-order valence-corrected chi connectivity index (χ4v) is 1.97. The highest BCUT2D eigenvalue weighted by Gasteiger charge is 2.01. The maximum absolute atomic E-state index is 11.4. The SMILES string of the molecule is O=c1[nH]c(=O)n(CCCCCCS)cc1Br. The Labute approximate surface area is 108 Å². The first-order valence-corrected chi connectivity index (χ1v) is 6.68. The molecule has 6 heteroatoms. The molecule has 1 aromatic rings. The van der Waals surface area contributed by atoms with Crippen LogP contribution in [0.1, 0.15) is 25.7 Å². The second kappa shape index (κ2) is 6.96. The highest BCUT2D eigenvalue weighted by Crippen LogP contribution is 2.03. The molecular formula is C10H15BrN2O2S. The fraction of sp³-hybridized carbons (Fsp3) is 0.600. The van der Waals surface area contributed by atoms with Gasteiger partial charge in [0.25, 0.3) is 5.56 Å². The minimum Gasteiger partial charge on any atom is -0.299 e. The lowest BCUT2D eigenvalue weighted by molar-refractivity contribution is 0.560. The quantitative estimate of drug-likeness (QED) is 0.622. The van der Waals surface area contributed by atoms with E-state index in [1.807, 2.05) is 0 Å². The first-order chi connectivity index (χ1) is 7.65. The van der Waals surface area contributed by atoms with Crippen LogP contribution in [0.15, 0.2) is 20.3 Å². The van der Waals surface area contributed by atoms with Crippen molar-refractivity contribution in [2.75, 3.05) is 5.75 Å². The molecule has 1 rings (SSSR count). The summed E-state index contributed by atoms with van der Waals surface area (Å²) >= 11 is 7.23. The molecule has 0 saturated heterocycles. The van der Waals surface area contributed by atoms with Gasteiger partial charge in [-0.3, -0.25) is 14.3 Å². The molecule has 0 aromatic carbocycles. The number of halogens is 1. The molecule has 4 nitrogen and oxygen atoms in total. The molecule has 0 bridgehead atoms. The van der Waals surface area contributed by atoms with Gasteiger partial charge in [-0.25, -0.2) is 4.79 Å². The lowest BCUT2D eigenvalue weighted by Gasteiger charge is -2.04. The zero-order valence-electron chi connectivity index (χ0n) is 8.91. The molecule has 1 aromatic heterocycles. The van der Waals surface area contributed by atoms with E-state index in [0.29, 0.717) is 11.0 Å². The van der Waals surface area contributed by atoms with E-state index in [1.54, 1.807) is 6.20 Å². The van der Waals surface area contributed by atoms with Crippen molar-refractivity contribution in [3.8, 4) is 0 Å². The summed E-state index contributed by atoms with van der Waals surface area (Å²) in [4.78, 5) is 24.7. The van der Waals surface area contributed by atoms with Gasteiger partial charge in [-0.15, -0.1) is 0 Å². The average molecular weight is 307 g/mol. The highest BCUT2D eigenvalue weighted by atomic mass is 79.9. The molecule has 16 heavy (non-hydrogen) atoms. The smallest absolute Gasteiger partial charge is 0.299 e. The molecular weight excluding hydrogens is 292 g/mol. The van der Waals surface area contributed by atoms with Crippen LogP contribution >= 0.6 is 28.6 Å².